The van der Waals surface area contributed by atoms with Crippen LogP contribution in [0.5, 0.6) is 0 Å². The van der Waals surface area contributed by atoms with E-state index in [0.717, 1.165) is 32.1 Å². The average Bonchev–Trinajstić information content (AvgIpc) is 2.35. The van der Waals surface area contributed by atoms with Crippen LogP contribution in [0, 0.1) is 0 Å². The fourth-order valence-corrected chi connectivity index (χ4v) is 1.31. The van der Waals surface area contributed by atoms with E-state index in [1.807, 2.05) is 0 Å². The van der Waals surface area contributed by atoms with Crippen LogP contribution in [0.15, 0.2) is 0 Å². The number of amides is 2. The smallest absolute Gasteiger partial charge is 0.406 e. The minimum Gasteiger partial charge on any atom is -0.453 e. The molecule has 0 bridgehead atoms. The van der Waals surface area contributed by atoms with Gasteiger partial charge in [-0.3, -0.25) is 0 Å². The SMILES string of the molecule is COC(=O)NCCCCCCCNC(=O)OC. The van der Waals surface area contributed by atoms with Crippen molar-refractivity contribution in [3.63, 3.8) is 0 Å². The average molecular weight is 246 g/mol. The summed E-state index contributed by atoms with van der Waals surface area (Å²) >= 11 is 0. The van der Waals surface area contributed by atoms with E-state index in [0.29, 0.717) is 13.1 Å². The Hall–Kier alpha value is -1.46. The zero-order chi connectivity index (χ0) is 12.9. The highest BCUT2D eigenvalue weighted by atomic mass is 16.5. The molecule has 0 aliphatic rings. The number of hydrogen-bond donors (Lipinski definition) is 2. The second-order valence-electron chi connectivity index (χ2n) is 3.60. The molecule has 6 heteroatoms. The minimum absolute atomic E-state index is 0.382. The molecule has 0 aliphatic carbocycles. The number of carbonyl (C=O) groups excluding carboxylic acids is 2. The summed E-state index contributed by atoms with van der Waals surface area (Å²) in [4.78, 5) is 21.4. The molecule has 2 N–H and O–H groups in total. The summed E-state index contributed by atoms with van der Waals surface area (Å²) in [5, 5.41) is 5.24. The number of alkyl carbamates (subject to hydrolysis) is 2. The molecule has 0 fully saturated rings. The summed E-state index contributed by atoms with van der Waals surface area (Å²) in [7, 11) is 2.70. The molecule has 0 spiro atoms. The first-order valence-corrected chi connectivity index (χ1v) is 5.84. The molecule has 0 aromatic rings. The molecule has 0 atom stereocenters. The van der Waals surface area contributed by atoms with Gasteiger partial charge in [-0.25, -0.2) is 9.59 Å². The van der Waals surface area contributed by atoms with Crippen molar-refractivity contribution in [3.8, 4) is 0 Å². The quantitative estimate of drug-likeness (QED) is 0.638. The first kappa shape index (κ1) is 15.5. The van der Waals surface area contributed by atoms with Crippen molar-refractivity contribution >= 4 is 12.2 Å². The third-order valence-electron chi connectivity index (χ3n) is 2.26. The van der Waals surface area contributed by atoms with E-state index in [-0.39, 0.29) is 12.2 Å². The topological polar surface area (TPSA) is 76.7 Å². The highest BCUT2D eigenvalue weighted by Crippen LogP contribution is 2.01. The normalized spacial score (nSPS) is 9.53. The molecule has 17 heavy (non-hydrogen) atoms. The van der Waals surface area contributed by atoms with Crippen molar-refractivity contribution in [1.82, 2.24) is 10.6 Å². The maximum Gasteiger partial charge on any atom is 0.406 e. The summed E-state index contributed by atoms with van der Waals surface area (Å²) in [6.45, 7) is 1.29. The highest BCUT2D eigenvalue weighted by Gasteiger charge is 1.98. The fraction of sp³-hybridized carbons (Fsp3) is 0.818. The lowest BCUT2D eigenvalue weighted by Gasteiger charge is -2.04. The first-order chi connectivity index (χ1) is 8.20. The zero-order valence-electron chi connectivity index (χ0n) is 10.6. The minimum atomic E-state index is -0.382. The van der Waals surface area contributed by atoms with Gasteiger partial charge in [-0.05, 0) is 12.8 Å². The van der Waals surface area contributed by atoms with Crippen molar-refractivity contribution in [2.24, 2.45) is 0 Å². The molecule has 2 amide bonds. The molecule has 0 unspecified atom stereocenters. The summed E-state index contributed by atoms with van der Waals surface area (Å²) in [5.41, 5.74) is 0. The predicted molar refractivity (Wildman–Crippen MR) is 63.9 cm³/mol. The number of rotatable bonds is 8. The van der Waals surface area contributed by atoms with Crippen LogP contribution in [0.4, 0.5) is 9.59 Å². The zero-order valence-corrected chi connectivity index (χ0v) is 10.6. The lowest BCUT2D eigenvalue weighted by molar-refractivity contribution is 0.170. The fourth-order valence-electron chi connectivity index (χ4n) is 1.31. The molecule has 0 heterocycles. The van der Waals surface area contributed by atoms with Gasteiger partial charge in [0.05, 0.1) is 14.2 Å². The van der Waals surface area contributed by atoms with Gasteiger partial charge in [0.25, 0.3) is 0 Å². The molecule has 0 radical (unpaired) electrons. The first-order valence-electron chi connectivity index (χ1n) is 5.84. The Morgan fingerprint density at radius 3 is 1.47 bits per heavy atom. The van der Waals surface area contributed by atoms with Crippen LogP contribution < -0.4 is 10.6 Å². The summed E-state index contributed by atoms with van der Waals surface area (Å²) < 4.78 is 8.88. The summed E-state index contributed by atoms with van der Waals surface area (Å²) in [6.07, 6.45) is 4.33. The predicted octanol–water partition coefficient (Wildman–Crippen LogP) is 1.65. The second kappa shape index (κ2) is 11.0. The number of hydrogen-bond acceptors (Lipinski definition) is 4. The molecule has 0 aromatic carbocycles. The van der Waals surface area contributed by atoms with Crippen molar-refractivity contribution in [3.05, 3.63) is 0 Å². The van der Waals surface area contributed by atoms with E-state index in [2.05, 4.69) is 20.1 Å². The largest absolute Gasteiger partial charge is 0.453 e. The Labute approximate surface area is 102 Å². The van der Waals surface area contributed by atoms with Crippen molar-refractivity contribution in [2.75, 3.05) is 27.3 Å². The number of unbranched alkanes of at least 4 members (excludes halogenated alkanes) is 4. The van der Waals surface area contributed by atoms with E-state index in [4.69, 9.17) is 0 Å². The molecular formula is C11H22N2O4. The Morgan fingerprint density at radius 2 is 1.12 bits per heavy atom. The van der Waals surface area contributed by atoms with Gasteiger partial charge in [-0.1, -0.05) is 19.3 Å². The number of ether oxygens (including phenoxy) is 2. The van der Waals surface area contributed by atoms with Gasteiger partial charge in [0.2, 0.25) is 0 Å². The van der Waals surface area contributed by atoms with Crippen LogP contribution >= 0.6 is 0 Å². The monoisotopic (exact) mass is 246 g/mol. The van der Waals surface area contributed by atoms with Crippen LogP contribution in [0.1, 0.15) is 32.1 Å². The summed E-state index contributed by atoms with van der Waals surface area (Å²) in [5.74, 6) is 0. The Morgan fingerprint density at radius 1 is 0.765 bits per heavy atom. The molecule has 0 rings (SSSR count). The van der Waals surface area contributed by atoms with Crippen molar-refractivity contribution in [2.45, 2.75) is 32.1 Å². The Kier molecular flexibility index (Phi) is 10.1. The van der Waals surface area contributed by atoms with E-state index in [1.54, 1.807) is 0 Å². The van der Waals surface area contributed by atoms with E-state index >= 15 is 0 Å². The maximum absolute atomic E-state index is 10.7. The van der Waals surface area contributed by atoms with Gasteiger partial charge in [0.1, 0.15) is 0 Å². The number of nitrogens with one attached hydrogen (secondary N) is 2. The Balaban J connectivity index is 3.08. The van der Waals surface area contributed by atoms with E-state index in [9.17, 15) is 9.59 Å². The van der Waals surface area contributed by atoms with Crippen LogP contribution in [0.2, 0.25) is 0 Å². The van der Waals surface area contributed by atoms with E-state index in [1.165, 1.54) is 14.2 Å². The third kappa shape index (κ3) is 10.8. The molecule has 0 aromatic heterocycles. The van der Waals surface area contributed by atoms with Crippen molar-refractivity contribution in [1.29, 1.82) is 0 Å². The van der Waals surface area contributed by atoms with Gasteiger partial charge in [-0.15, -0.1) is 0 Å². The molecular weight excluding hydrogens is 224 g/mol. The van der Waals surface area contributed by atoms with Crippen LogP contribution in [-0.4, -0.2) is 39.5 Å². The standard InChI is InChI=1S/C11H22N2O4/c1-16-10(14)12-8-6-4-3-5-7-9-13-11(15)17-2/h3-9H2,1-2H3,(H,12,14)(H,13,15). The second-order valence-corrected chi connectivity index (χ2v) is 3.60. The van der Waals surface area contributed by atoms with Gasteiger partial charge in [-0.2, -0.15) is 0 Å². The van der Waals surface area contributed by atoms with Crippen molar-refractivity contribution < 1.29 is 19.1 Å². The van der Waals surface area contributed by atoms with Gasteiger partial charge < -0.3 is 20.1 Å². The third-order valence-corrected chi connectivity index (χ3v) is 2.26. The van der Waals surface area contributed by atoms with Gasteiger partial charge in [0, 0.05) is 13.1 Å². The number of carbonyl (C=O) groups is 2. The van der Waals surface area contributed by atoms with Crippen LogP contribution in [0.3, 0.4) is 0 Å². The van der Waals surface area contributed by atoms with Crippen LogP contribution in [0.25, 0.3) is 0 Å². The maximum atomic E-state index is 10.7. The highest BCUT2D eigenvalue weighted by molar-refractivity contribution is 5.67. The van der Waals surface area contributed by atoms with Gasteiger partial charge in [0.15, 0.2) is 0 Å². The molecule has 0 saturated carbocycles. The molecule has 100 valence electrons. The van der Waals surface area contributed by atoms with E-state index < -0.39 is 0 Å². The lowest BCUT2D eigenvalue weighted by atomic mass is 10.1. The lowest BCUT2D eigenvalue weighted by Crippen LogP contribution is -2.24. The number of methoxy groups -OCH3 is 2. The molecule has 6 nitrogen and oxygen atoms in total. The summed E-state index contributed by atoms with van der Waals surface area (Å²) in [6, 6.07) is 0. The Bertz CT molecular complexity index is 200. The molecule has 0 aliphatic heterocycles. The molecule has 0 saturated heterocycles. The van der Waals surface area contributed by atoms with Gasteiger partial charge >= 0.3 is 12.2 Å². The van der Waals surface area contributed by atoms with Crippen LogP contribution in [-0.2, 0) is 9.47 Å².